The molecule has 1 aromatic carbocycles. The second kappa shape index (κ2) is 13.4. The third kappa shape index (κ3) is 7.18. The molecule has 0 radical (unpaired) electrons. The lowest BCUT2D eigenvalue weighted by Gasteiger charge is -2.42. The highest BCUT2D eigenvalue weighted by molar-refractivity contribution is 14.1. The van der Waals surface area contributed by atoms with Crippen molar-refractivity contribution >= 4 is 34.4 Å². The highest BCUT2D eigenvalue weighted by atomic mass is 127. The summed E-state index contributed by atoms with van der Waals surface area (Å²) >= 11 is 2.18. The highest BCUT2D eigenvalue weighted by Gasteiger charge is 2.41. The van der Waals surface area contributed by atoms with Crippen molar-refractivity contribution in [2.24, 2.45) is 5.92 Å². The van der Waals surface area contributed by atoms with Gasteiger partial charge in [-0.3, -0.25) is 9.59 Å². The molecule has 3 atom stereocenters. The number of rotatable bonds is 10. The van der Waals surface area contributed by atoms with Crippen molar-refractivity contribution in [2.45, 2.75) is 76.5 Å². The number of carbonyl (C=O) groups is 2. The van der Waals surface area contributed by atoms with Gasteiger partial charge in [-0.15, -0.1) is 0 Å². The number of amides is 2. The first kappa shape index (κ1) is 26.9. The maximum absolute atomic E-state index is 13.2. The number of halogens is 1. The van der Waals surface area contributed by atoms with Crippen molar-refractivity contribution in [1.82, 2.24) is 10.2 Å². The van der Waals surface area contributed by atoms with E-state index in [0.29, 0.717) is 30.2 Å². The van der Waals surface area contributed by atoms with Crippen LogP contribution in [0, 0.1) is 9.49 Å². The first-order chi connectivity index (χ1) is 16.4. The van der Waals surface area contributed by atoms with Gasteiger partial charge >= 0.3 is 0 Å². The first-order valence-corrected chi connectivity index (χ1v) is 13.5. The van der Waals surface area contributed by atoms with Gasteiger partial charge in [0, 0.05) is 31.5 Å². The van der Waals surface area contributed by atoms with E-state index in [2.05, 4.69) is 27.9 Å². The lowest BCUT2D eigenvalue weighted by molar-refractivity contribution is -0.139. The van der Waals surface area contributed by atoms with Crippen LogP contribution in [0.1, 0.15) is 58.3 Å². The fraction of sp³-hybridized carbons (Fsp3) is 0.615. The number of para-hydroxylation sites is 1. The standard InChI is InChI=1S/C26H37IN2O5/c1-2-8-24(31)29(17-18-9-4-3-5-10-18)21-15-19(26(33)28-13-14-30)16-23(25(21)32)34-22-12-7-6-11-20(22)27/h6-7,11-12,16,18,21,23,25,30,32H,2-5,8-10,13-15,17H2,1H3,(H,28,33). The monoisotopic (exact) mass is 584 g/mol. The Bertz CT molecular complexity index is 855. The summed E-state index contributed by atoms with van der Waals surface area (Å²) in [5, 5.41) is 23.3. The summed E-state index contributed by atoms with van der Waals surface area (Å²) < 4.78 is 7.09. The van der Waals surface area contributed by atoms with Crippen LogP contribution in [0.2, 0.25) is 0 Å². The van der Waals surface area contributed by atoms with E-state index in [9.17, 15) is 14.7 Å². The predicted molar refractivity (Wildman–Crippen MR) is 139 cm³/mol. The summed E-state index contributed by atoms with van der Waals surface area (Å²) in [7, 11) is 0. The van der Waals surface area contributed by atoms with Crippen molar-refractivity contribution in [1.29, 1.82) is 0 Å². The second-order valence-corrected chi connectivity index (χ2v) is 10.4. The van der Waals surface area contributed by atoms with Gasteiger partial charge in [0.15, 0.2) is 0 Å². The molecule has 2 aliphatic carbocycles. The number of carbonyl (C=O) groups excluding carboxylic acids is 2. The molecule has 0 heterocycles. The van der Waals surface area contributed by atoms with E-state index < -0.39 is 18.2 Å². The topological polar surface area (TPSA) is 99.1 Å². The summed E-state index contributed by atoms with van der Waals surface area (Å²) in [6, 6.07) is 6.98. The van der Waals surface area contributed by atoms with Crippen LogP contribution in [0.3, 0.4) is 0 Å². The summed E-state index contributed by atoms with van der Waals surface area (Å²) in [5.74, 6) is 0.747. The van der Waals surface area contributed by atoms with Crippen LogP contribution in [0.15, 0.2) is 35.9 Å². The van der Waals surface area contributed by atoms with E-state index in [1.54, 1.807) is 6.08 Å². The maximum atomic E-state index is 13.2. The zero-order chi connectivity index (χ0) is 24.5. The number of hydrogen-bond acceptors (Lipinski definition) is 5. The molecular weight excluding hydrogens is 547 g/mol. The molecule has 3 N–H and O–H groups in total. The minimum absolute atomic E-state index is 0.0159. The van der Waals surface area contributed by atoms with E-state index in [1.807, 2.05) is 36.1 Å². The molecule has 3 rings (SSSR count). The highest BCUT2D eigenvalue weighted by Crippen LogP contribution is 2.32. The molecule has 188 valence electrons. The van der Waals surface area contributed by atoms with E-state index in [0.717, 1.165) is 22.8 Å². The van der Waals surface area contributed by atoms with E-state index in [-0.39, 0.29) is 31.4 Å². The van der Waals surface area contributed by atoms with Gasteiger partial charge in [0.2, 0.25) is 11.8 Å². The van der Waals surface area contributed by atoms with Crippen LogP contribution in [0.25, 0.3) is 0 Å². The van der Waals surface area contributed by atoms with Gasteiger partial charge in [-0.05, 0) is 66.0 Å². The van der Waals surface area contributed by atoms with Crippen molar-refractivity contribution in [3.05, 3.63) is 39.5 Å². The van der Waals surface area contributed by atoms with Gasteiger partial charge in [0.25, 0.3) is 0 Å². The third-order valence-electron chi connectivity index (χ3n) is 6.68. The van der Waals surface area contributed by atoms with Crippen LogP contribution in [0.5, 0.6) is 5.75 Å². The minimum Gasteiger partial charge on any atom is -0.482 e. The Kier molecular flexibility index (Phi) is 10.7. The second-order valence-electron chi connectivity index (χ2n) is 9.25. The van der Waals surface area contributed by atoms with Gasteiger partial charge in [0.05, 0.1) is 16.2 Å². The molecule has 0 spiro atoms. The summed E-state index contributed by atoms with van der Waals surface area (Å²) in [6.07, 6.45) is 7.06. The average molecular weight is 584 g/mol. The minimum atomic E-state index is -0.963. The SMILES string of the molecule is CCCC(=O)N(CC1CCCCC1)C1CC(C(=O)NCCO)=CC(Oc2ccccc2I)C1O. The molecule has 34 heavy (non-hydrogen) atoms. The Morgan fingerprint density at radius 2 is 1.94 bits per heavy atom. The molecule has 7 nitrogen and oxygen atoms in total. The molecule has 0 saturated heterocycles. The normalized spacial score (nSPS) is 23.2. The molecule has 0 aliphatic heterocycles. The first-order valence-electron chi connectivity index (χ1n) is 12.4. The van der Waals surface area contributed by atoms with Crippen LogP contribution in [-0.4, -0.2) is 64.9 Å². The zero-order valence-corrected chi connectivity index (χ0v) is 22.1. The van der Waals surface area contributed by atoms with Crippen LogP contribution >= 0.6 is 22.6 Å². The zero-order valence-electron chi connectivity index (χ0n) is 19.9. The average Bonchev–Trinajstić information content (AvgIpc) is 2.84. The van der Waals surface area contributed by atoms with Crippen molar-refractivity contribution in [2.75, 3.05) is 19.7 Å². The molecule has 2 amide bonds. The number of nitrogens with one attached hydrogen (secondary N) is 1. The number of hydrogen-bond donors (Lipinski definition) is 3. The number of ether oxygens (including phenoxy) is 1. The Balaban J connectivity index is 1.90. The van der Waals surface area contributed by atoms with Crippen LogP contribution in [0.4, 0.5) is 0 Å². The summed E-state index contributed by atoms with van der Waals surface area (Å²) in [5.41, 5.74) is 0.470. The largest absolute Gasteiger partial charge is 0.482 e. The Morgan fingerprint density at radius 3 is 2.62 bits per heavy atom. The number of aliphatic hydroxyl groups excluding tert-OH is 2. The van der Waals surface area contributed by atoms with E-state index in [1.165, 1.54) is 19.3 Å². The number of benzene rings is 1. The van der Waals surface area contributed by atoms with Gasteiger partial charge in [-0.25, -0.2) is 0 Å². The molecule has 1 fully saturated rings. The Labute approximate surface area is 216 Å². The molecule has 3 unspecified atom stereocenters. The lowest BCUT2D eigenvalue weighted by Crippen LogP contribution is -2.56. The summed E-state index contributed by atoms with van der Waals surface area (Å²) in [6.45, 7) is 2.56. The lowest BCUT2D eigenvalue weighted by atomic mass is 9.85. The van der Waals surface area contributed by atoms with Gasteiger partial charge in [-0.1, -0.05) is 38.3 Å². The molecule has 8 heteroatoms. The molecule has 1 aromatic rings. The molecule has 0 aromatic heterocycles. The molecule has 2 aliphatic rings. The van der Waals surface area contributed by atoms with Crippen molar-refractivity contribution in [3.63, 3.8) is 0 Å². The number of nitrogens with zero attached hydrogens (tertiary/aromatic N) is 1. The fourth-order valence-electron chi connectivity index (χ4n) is 4.89. The molecule has 1 saturated carbocycles. The maximum Gasteiger partial charge on any atom is 0.247 e. The van der Waals surface area contributed by atoms with E-state index in [4.69, 9.17) is 9.84 Å². The third-order valence-corrected chi connectivity index (χ3v) is 7.57. The van der Waals surface area contributed by atoms with Gasteiger partial charge in [-0.2, -0.15) is 0 Å². The van der Waals surface area contributed by atoms with Crippen molar-refractivity contribution < 1.29 is 24.5 Å². The van der Waals surface area contributed by atoms with Crippen molar-refractivity contribution in [3.8, 4) is 5.75 Å². The fourth-order valence-corrected chi connectivity index (χ4v) is 5.41. The number of aliphatic hydroxyl groups is 2. The molecular formula is C26H37IN2O5. The van der Waals surface area contributed by atoms with Crippen LogP contribution < -0.4 is 10.1 Å². The smallest absolute Gasteiger partial charge is 0.247 e. The molecule has 0 bridgehead atoms. The van der Waals surface area contributed by atoms with Gasteiger partial charge < -0.3 is 25.2 Å². The predicted octanol–water partition coefficient (Wildman–Crippen LogP) is 3.42. The van der Waals surface area contributed by atoms with E-state index >= 15 is 0 Å². The quantitative estimate of drug-likeness (QED) is 0.367. The van der Waals surface area contributed by atoms with Crippen LogP contribution in [-0.2, 0) is 9.59 Å². The van der Waals surface area contributed by atoms with Gasteiger partial charge in [0.1, 0.15) is 18.0 Å². The Hall–Kier alpha value is -1.65. The summed E-state index contributed by atoms with van der Waals surface area (Å²) in [4.78, 5) is 27.9. The Morgan fingerprint density at radius 1 is 1.21 bits per heavy atom.